The number of sulfone groups is 1. The van der Waals surface area contributed by atoms with Gasteiger partial charge < -0.3 is 9.30 Å². The highest BCUT2D eigenvalue weighted by atomic mass is 35.5. The minimum absolute atomic E-state index is 0.204. The molecule has 0 radical (unpaired) electrons. The number of amides is 1. The summed E-state index contributed by atoms with van der Waals surface area (Å²) in [6.45, 7) is 3.83. The third-order valence-electron chi connectivity index (χ3n) is 3.86. The maximum Gasteiger partial charge on any atom is 0.286 e. The molecule has 1 heterocycles. The van der Waals surface area contributed by atoms with Crippen molar-refractivity contribution in [2.45, 2.75) is 11.4 Å². The first-order chi connectivity index (χ1) is 13.7. The molecule has 0 unspecified atom stereocenters. The molecule has 10 heteroatoms. The van der Waals surface area contributed by atoms with Crippen LogP contribution in [0.4, 0.5) is 0 Å². The summed E-state index contributed by atoms with van der Waals surface area (Å²) < 4.78 is 31.5. The number of thiazole rings is 1. The zero-order valence-corrected chi connectivity index (χ0v) is 18.4. The first kappa shape index (κ1) is 21.6. The van der Waals surface area contributed by atoms with E-state index in [2.05, 4.69) is 11.6 Å². The van der Waals surface area contributed by atoms with Crippen molar-refractivity contribution in [3.05, 3.63) is 63.9 Å². The Labute approximate surface area is 181 Å². The van der Waals surface area contributed by atoms with Gasteiger partial charge in [-0.2, -0.15) is 4.99 Å². The van der Waals surface area contributed by atoms with E-state index < -0.39 is 15.7 Å². The van der Waals surface area contributed by atoms with Gasteiger partial charge in [0, 0.05) is 17.8 Å². The molecule has 152 valence electrons. The molecule has 1 amide bonds. The smallest absolute Gasteiger partial charge is 0.286 e. The number of halogens is 2. The van der Waals surface area contributed by atoms with Gasteiger partial charge in [-0.3, -0.25) is 4.79 Å². The van der Waals surface area contributed by atoms with Crippen molar-refractivity contribution in [1.82, 2.24) is 4.57 Å². The number of carbonyl (C=O) groups is 1. The Kier molecular flexibility index (Phi) is 6.48. The minimum atomic E-state index is -3.34. The number of hydrogen-bond donors (Lipinski definition) is 0. The fourth-order valence-electron chi connectivity index (χ4n) is 2.55. The van der Waals surface area contributed by atoms with Crippen molar-refractivity contribution in [3.8, 4) is 5.75 Å². The number of ether oxygens (including phenoxy) is 1. The second-order valence-corrected chi connectivity index (χ2v) is 9.92. The SMILES string of the molecule is C=CCn1c(=NC(=O)COc2ccc(Cl)cc2Cl)sc2cc(S(C)(=O)=O)ccc21. The first-order valence-corrected chi connectivity index (χ1v) is 11.7. The molecule has 0 fully saturated rings. The van der Waals surface area contributed by atoms with Crippen molar-refractivity contribution in [1.29, 1.82) is 0 Å². The largest absolute Gasteiger partial charge is 0.482 e. The molecule has 3 aromatic rings. The quantitative estimate of drug-likeness (QED) is 0.507. The van der Waals surface area contributed by atoms with Gasteiger partial charge in [0.1, 0.15) is 5.75 Å². The molecule has 0 saturated carbocycles. The van der Waals surface area contributed by atoms with Crippen LogP contribution in [0, 0.1) is 0 Å². The number of allylic oxidation sites excluding steroid dienone is 1. The van der Waals surface area contributed by atoms with Crippen LogP contribution in [0.25, 0.3) is 10.2 Å². The van der Waals surface area contributed by atoms with E-state index in [1.807, 2.05) is 0 Å². The van der Waals surface area contributed by atoms with Crippen LogP contribution in [0.15, 0.2) is 58.9 Å². The second-order valence-electron chi connectivity index (χ2n) is 6.05. The average molecular weight is 471 g/mol. The van der Waals surface area contributed by atoms with Gasteiger partial charge in [-0.25, -0.2) is 8.42 Å². The summed E-state index contributed by atoms with van der Waals surface area (Å²) in [6, 6.07) is 9.49. The molecule has 0 spiro atoms. The Morgan fingerprint density at radius 2 is 2.03 bits per heavy atom. The summed E-state index contributed by atoms with van der Waals surface area (Å²) in [5.74, 6) is -0.184. The number of nitrogens with zero attached hydrogens (tertiary/aromatic N) is 2. The molecule has 0 aliphatic carbocycles. The average Bonchev–Trinajstić information content (AvgIpc) is 2.97. The van der Waals surface area contributed by atoms with Crippen molar-refractivity contribution < 1.29 is 17.9 Å². The van der Waals surface area contributed by atoms with Gasteiger partial charge in [-0.05, 0) is 36.4 Å². The maximum absolute atomic E-state index is 12.3. The standard InChI is InChI=1S/C19H16Cl2N2O4S2/c1-3-8-23-15-6-5-13(29(2,25)26)10-17(15)28-19(23)22-18(24)11-27-16-7-4-12(20)9-14(16)21/h3-7,9-10H,1,8,11H2,2H3. The highest BCUT2D eigenvalue weighted by Crippen LogP contribution is 2.27. The lowest BCUT2D eigenvalue weighted by Gasteiger charge is -2.06. The highest BCUT2D eigenvalue weighted by molar-refractivity contribution is 7.90. The van der Waals surface area contributed by atoms with E-state index in [1.54, 1.807) is 34.9 Å². The number of hydrogen-bond acceptors (Lipinski definition) is 5. The topological polar surface area (TPSA) is 77.7 Å². The zero-order chi connectivity index (χ0) is 21.2. The Morgan fingerprint density at radius 1 is 1.28 bits per heavy atom. The second kappa shape index (κ2) is 8.71. The highest BCUT2D eigenvalue weighted by Gasteiger charge is 2.13. The minimum Gasteiger partial charge on any atom is -0.482 e. The first-order valence-electron chi connectivity index (χ1n) is 8.29. The van der Waals surface area contributed by atoms with E-state index >= 15 is 0 Å². The van der Waals surface area contributed by atoms with Crippen LogP contribution in [0.1, 0.15) is 0 Å². The van der Waals surface area contributed by atoms with Gasteiger partial charge in [0.25, 0.3) is 5.91 Å². The molecule has 0 aliphatic heterocycles. The predicted molar refractivity (Wildman–Crippen MR) is 116 cm³/mol. The maximum atomic E-state index is 12.3. The van der Waals surface area contributed by atoms with Crippen LogP contribution in [0.3, 0.4) is 0 Å². The summed E-state index contributed by atoms with van der Waals surface area (Å²) in [4.78, 5) is 17.1. The van der Waals surface area contributed by atoms with Crippen LogP contribution in [0.5, 0.6) is 5.75 Å². The number of fused-ring (bicyclic) bond motifs is 1. The molecule has 0 N–H and O–H groups in total. The van der Waals surface area contributed by atoms with E-state index in [-0.39, 0.29) is 11.5 Å². The number of benzene rings is 2. The van der Waals surface area contributed by atoms with Gasteiger partial charge in [0.05, 0.1) is 20.1 Å². The molecular formula is C19H16Cl2N2O4S2. The van der Waals surface area contributed by atoms with Crippen molar-refractivity contribution in [2.75, 3.05) is 12.9 Å². The molecule has 0 aliphatic rings. The summed E-state index contributed by atoms with van der Waals surface area (Å²) in [6.07, 6.45) is 2.82. The fraction of sp³-hybridized carbons (Fsp3) is 0.158. The summed E-state index contributed by atoms with van der Waals surface area (Å²) >= 11 is 13.1. The van der Waals surface area contributed by atoms with Crippen LogP contribution < -0.4 is 9.54 Å². The summed E-state index contributed by atoms with van der Waals surface area (Å²) in [5, 5.41) is 0.754. The number of carbonyl (C=O) groups excluding carboxylic acids is 1. The summed E-state index contributed by atoms with van der Waals surface area (Å²) in [5.41, 5.74) is 0.760. The molecule has 0 bridgehead atoms. The molecular weight excluding hydrogens is 455 g/mol. The van der Waals surface area contributed by atoms with Crippen molar-refractivity contribution in [2.24, 2.45) is 4.99 Å². The lowest BCUT2D eigenvalue weighted by Crippen LogP contribution is -2.19. The predicted octanol–water partition coefficient (Wildman–Crippen LogP) is 4.11. The molecule has 1 aromatic heterocycles. The van der Waals surface area contributed by atoms with Gasteiger partial charge in [0.2, 0.25) is 0 Å². The third kappa shape index (κ3) is 5.08. The monoisotopic (exact) mass is 470 g/mol. The van der Waals surface area contributed by atoms with Crippen molar-refractivity contribution in [3.63, 3.8) is 0 Å². The van der Waals surface area contributed by atoms with E-state index in [1.165, 1.54) is 23.5 Å². The normalized spacial score (nSPS) is 12.3. The summed E-state index contributed by atoms with van der Waals surface area (Å²) in [7, 11) is -3.34. The number of rotatable bonds is 6. The van der Waals surface area contributed by atoms with Crippen LogP contribution in [0.2, 0.25) is 10.0 Å². The lowest BCUT2D eigenvalue weighted by molar-refractivity contribution is -0.120. The lowest BCUT2D eigenvalue weighted by atomic mass is 10.3. The van der Waals surface area contributed by atoms with Crippen molar-refractivity contribution >= 4 is 60.5 Å². The zero-order valence-electron chi connectivity index (χ0n) is 15.3. The number of aromatic nitrogens is 1. The van der Waals surface area contributed by atoms with Crippen LogP contribution in [-0.4, -0.2) is 31.8 Å². The molecule has 0 atom stereocenters. The van der Waals surface area contributed by atoms with Gasteiger partial charge >= 0.3 is 0 Å². The van der Waals surface area contributed by atoms with E-state index in [0.717, 1.165) is 11.8 Å². The fourth-order valence-corrected chi connectivity index (χ4v) is 4.83. The third-order valence-corrected chi connectivity index (χ3v) is 6.54. The van der Waals surface area contributed by atoms with Crippen LogP contribution in [-0.2, 0) is 21.2 Å². The molecule has 0 saturated heterocycles. The van der Waals surface area contributed by atoms with E-state index in [9.17, 15) is 13.2 Å². The van der Waals surface area contributed by atoms with Gasteiger partial charge in [0.15, 0.2) is 21.2 Å². The van der Waals surface area contributed by atoms with Gasteiger partial charge in [-0.15, -0.1) is 6.58 Å². The Bertz CT molecular complexity index is 1280. The molecule has 3 rings (SSSR count). The molecule has 29 heavy (non-hydrogen) atoms. The van der Waals surface area contributed by atoms with E-state index in [0.29, 0.717) is 31.8 Å². The van der Waals surface area contributed by atoms with E-state index in [4.69, 9.17) is 27.9 Å². The Balaban J connectivity index is 1.94. The molecule has 2 aromatic carbocycles. The van der Waals surface area contributed by atoms with Gasteiger partial charge in [-0.1, -0.05) is 40.6 Å². The Morgan fingerprint density at radius 3 is 2.69 bits per heavy atom. The van der Waals surface area contributed by atoms with Crippen LogP contribution >= 0.6 is 34.5 Å². The molecule has 6 nitrogen and oxygen atoms in total. The Hall–Kier alpha value is -2.13.